The van der Waals surface area contributed by atoms with Gasteiger partial charge in [-0.1, -0.05) is 0 Å². The average Bonchev–Trinajstić information content (AvgIpc) is 2.51. The molecule has 0 N–H and O–H groups in total. The van der Waals surface area contributed by atoms with Crippen LogP contribution in [-0.2, 0) is 19.4 Å². The predicted octanol–water partition coefficient (Wildman–Crippen LogP) is 3.31. The van der Waals surface area contributed by atoms with E-state index in [9.17, 15) is 26.3 Å². The average molecular weight is 283 g/mol. The number of halogens is 6. The molecule has 0 aromatic carbocycles. The van der Waals surface area contributed by atoms with Gasteiger partial charge in [0, 0.05) is 7.05 Å². The first-order valence-electron chi connectivity index (χ1n) is 5.00. The lowest BCUT2D eigenvalue weighted by Crippen LogP contribution is -2.14. The van der Waals surface area contributed by atoms with Crippen molar-refractivity contribution in [2.75, 3.05) is 0 Å². The molecule has 2 aromatic heterocycles. The summed E-state index contributed by atoms with van der Waals surface area (Å²) >= 11 is 0. The Morgan fingerprint density at radius 2 is 1.63 bits per heavy atom. The normalized spacial score (nSPS) is 13.3. The van der Waals surface area contributed by atoms with Gasteiger partial charge in [0.25, 0.3) is 0 Å². The molecule has 0 atom stereocenters. The number of alkyl halides is 6. The molecular weight excluding hydrogens is 276 g/mol. The van der Waals surface area contributed by atoms with E-state index in [2.05, 4.69) is 10.1 Å². The van der Waals surface area contributed by atoms with E-state index in [-0.39, 0.29) is 11.8 Å². The molecule has 0 radical (unpaired) electrons. The predicted molar refractivity (Wildman–Crippen MR) is 53.3 cm³/mol. The van der Waals surface area contributed by atoms with Crippen molar-refractivity contribution in [1.29, 1.82) is 0 Å². The number of hydrogen-bond donors (Lipinski definition) is 0. The minimum atomic E-state index is -4.95. The Labute approximate surface area is 102 Å². The quantitative estimate of drug-likeness (QED) is 0.694. The van der Waals surface area contributed by atoms with E-state index in [1.165, 1.54) is 14.0 Å². The second-order valence-corrected chi connectivity index (χ2v) is 3.96. The van der Waals surface area contributed by atoms with Crippen molar-refractivity contribution >= 4 is 11.0 Å². The molecule has 0 bridgehead atoms. The summed E-state index contributed by atoms with van der Waals surface area (Å²) in [6, 6.07) is 0.0109. The Morgan fingerprint density at radius 3 is 2.11 bits per heavy atom. The van der Waals surface area contributed by atoms with Gasteiger partial charge in [0.1, 0.15) is 5.69 Å². The number of aryl methyl sites for hydroxylation is 2. The lowest BCUT2D eigenvalue weighted by atomic mass is 10.1. The number of hydrogen-bond acceptors (Lipinski definition) is 2. The maximum atomic E-state index is 12.8. The number of pyridine rings is 1. The highest BCUT2D eigenvalue weighted by molar-refractivity contribution is 5.83. The van der Waals surface area contributed by atoms with Gasteiger partial charge in [0.2, 0.25) is 0 Å². The zero-order valence-corrected chi connectivity index (χ0v) is 9.69. The Balaban J connectivity index is 2.91. The van der Waals surface area contributed by atoms with E-state index >= 15 is 0 Å². The Kier molecular flexibility index (Phi) is 2.76. The molecule has 3 nitrogen and oxygen atoms in total. The molecule has 2 rings (SSSR count). The van der Waals surface area contributed by atoms with Crippen LogP contribution in [0, 0.1) is 6.92 Å². The summed E-state index contributed by atoms with van der Waals surface area (Å²) < 4.78 is 77.1. The zero-order chi connectivity index (χ0) is 14.6. The molecule has 0 amide bonds. The Morgan fingerprint density at radius 1 is 1.05 bits per heavy atom. The van der Waals surface area contributed by atoms with Gasteiger partial charge >= 0.3 is 12.4 Å². The van der Waals surface area contributed by atoms with Gasteiger partial charge in [-0.2, -0.15) is 31.4 Å². The van der Waals surface area contributed by atoms with Crippen molar-refractivity contribution in [2.45, 2.75) is 19.3 Å². The van der Waals surface area contributed by atoms with E-state index in [1.807, 2.05) is 0 Å². The second kappa shape index (κ2) is 3.84. The standard InChI is InChI=1S/C10H7F6N3/c1-4-7-5(9(11,12)13)3-6(10(14,15)16)17-8(7)19(2)18-4/h3H,1-2H3. The molecule has 2 heterocycles. The second-order valence-electron chi connectivity index (χ2n) is 3.96. The fourth-order valence-corrected chi connectivity index (χ4v) is 1.81. The maximum Gasteiger partial charge on any atom is 0.433 e. The van der Waals surface area contributed by atoms with E-state index in [0.717, 1.165) is 4.68 Å². The summed E-state index contributed by atoms with van der Waals surface area (Å²) in [5, 5.41) is 3.26. The van der Waals surface area contributed by atoms with E-state index in [1.54, 1.807) is 0 Å². The van der Waals surface area contributed by atoms with Crippen LogP contribution in [0.5, 0.6) is 0 Å². The van der Waals surface area contributed by atoms with Crippen LogP contribution in [0.3, 0.4) is 0 Å². The highest BCUT2D eigenvalue weighted by atomic mass is 19.4. The van der Waals surface area contributed by atoms with Gasteiger partial charge in [-0.25, -0.2) is 4.98 Å². The zero-order valence-electron chi connectivity index (χ0n) is 9.69. The summed E-state index contributed by atoms with van der Waals surface area (Å²) in [4.78, 5) is 3.22. The first-order valence-corrected chi connectivity index (χ1v) is 5.00. The molecule has 0 unspecified atom stereocenters. The Hall–Kier alpha value is -1.80. The van der Waals surface area contributed by atoms with Crippen LogP contribution in [0.1, 0.15) is 17.0 Å². The van der Waals surface area contributed by atoms with Crippen molar-refractivity contribution in [1.82, 2.24) is 14.8 Å². The molecule has 0 aliphatic carbocycles. The van der Waals surface area contributed by atoms with Crippen molar-refractivity contribution < 1.29 is 26.3 Å². The fourth-order valence-electron chi connectivity index (χ4n) is 1.81. The summed E-state index contributed by atoms with van der Waals surface area (Å²) in [5.74, 6) is 0. The third-order valence-electron chi connectivity index (χ3n) is 2.56. The molecule has 0 saturated carbocycles. The van der Waals surface area contributed by atoms with Gasteiger partial charge < -0.3 is 0 Å². The summed E-state index contributed by atoms with van der Waals surface area (Å²) in [6.45, 7) is 1.28. The van der Waals surface area contributed by atoms with Gasteiger partial charge in [-0.15, -0.1) is 0 Å². The number of aromatic nitrogens is 3. The largest absolute Gasteiger partial charge is 0.433 e. The van der Waals surface area contributed by atoms with Crippen LogP contribution in [0.4, 0.5) is 26.3 Å². The molecule has 0 aliphatic heterocycles. The fraction of sp³-hybridized carbons (Fsp3) is 0.400. The van der Waals surface area contributed by atoms with Crippen molar-refractivity contribution in [3.8, 4) is 0 Å². The van der Waals surface area contributed by atoms with Crippen LogP contribution in [0.25, 0.3) is 11.0 Å². The highest BCUT2D eigenvalue weighted by Gasteiger charge is 2.40. The minimum absolute atomic E-state index is 0.0109. The van der Waals surface area contributed by atoms with E-state index in [4.69, 9.17) is 0 Å². The lowest BCUT2D eigenvalue weighted by Gasteiger charge is -2.12. The molecule has 0 spiro atoms. The van der Waals surface area contributed by atoms with Crippen molar-refractivity contribution in [3.05, 3.63) is 23.0 Å². The van der Waals surface area contributed by atoms with Gasteiger partial charge in [0.15, 0.2) is 5.65 Å². The maximum absolute atomic E-state index is 12.8. The molecule has 2 aromatic rings. The van der Waals surface area contributed by atoms with Crippen LogP contribution >= 0.6 is 0 Å². The van der Waals surface area contributed by atoms with Gasteiger partial charge in [-0.3, -0.25) is 4.68 Å². The van der Waals surface area contributed by atoms with Crippen LogP contribution in [0.15, 0.2) is 6.07 Å². The molecule has 19 heavy (non-hydrogen) atoms. The van der Waals surface area contributed by atoms with E-state index < -0.39 is 34.6 Å². The first kappa shape index (κ1) is 13.6. The van der Waals surface area contributed by atoms with Crippen LogP contribution < -0.4 is 0 Å². The number of nitrogens with zero attached hydrogens (tertiary/aromatic N) is 3. The summed E-state index contributed by atoms with van der Waals surface area (Å²) in [7, 11) is 1.24. The molecule has 9 heteroatoms. The number of rotatable bonds is 0. The van der Waals surface area contributed by atoms with Crippen molar-refractivity contribution in [3.63, 3.8) is 0 Å². The van der Waals surface area contributed by atoms with Crippen molar-refractivity contribution in [2.24, 2.45) is 7.05 Å². The van der Waals surface area contributed by atoms with Gasteiger partial charge in [-0.05, 0) is 13.0 Å². The molecule has 104 valence electrons. The summed E-state index contributed by atoms with van der Waals surface area (Å²) in [6.07, 6.45) is -9.86. The van der Waals surface area contributed by atoms with Crippen LogP contribution in [0.2, 0.25) is 0 Å². The first-order chi connectivity index (χ1) is 8.51. The topological polar surface area (TPSA) is 30.7 Å². The lowest BCUT2D eigenvalue weighted by molar-refractivity contribution is -0.144. The SMILES string of the molecule is Cc1nn(C)c2nc(C(F)(F)F)cc(C(F)(F)F)c12. The monoisotopic (exact) mass is 283 g/mol. The smallest absolute Gasteiger partial charge is 0.250 e. The summed E-state index contributed by atoms with van der Waals surface area (Å²) in [5.41, 5.74) is -3.43. The number of fused-ring (bicyclic) bond motifs is 1. The van der Waals surface area contributed by atoms with E-state index in [0.29, 0.717) is 0 Å². The molecule has 0 fully saturated rings. The highest BCUT2D eigenvalue weighted by Crippen LogP contribution is 2.39. The third-order valence-corrected chi connectivity index (χ3v) is 2.56. The van der Waals surface area contributed by atoms with Gasteiger partial charge in [0.05, 0.1) is 16.6 Å². The van der Waals surface area contributed by atoms with Crippen LogP contribution in [-0.4, -0.2) is 14.8 Å². The molecular formula is C10H7F6N3. The molecule has 0 saturated heterocycles. The minimum Gasteiger partial charge on any atom is -0.250 e. The third kappa shape index (κ3) is 2.24. The Bertz CT molecular complexity index is 637. The molecule has 0 aliphatic rings.